The van der Waals surface area contributed by atoms with Gasteiger partial charge in [-0.3, -0.25) is 5.10 Å². The molecule has 0 radical (unpaired) electrons. The van der Waals surface area contributed by atoms with E-state index >= 15 is 0 Å². The first-order valence-electron chi connectivity index (χ1n) is 11.4. The fraction of sp³-hybridized carbons (Fsp3) is 0.103. The van der Waals surface area contributed by atoms with Gasteiger partial charge >= 0.3 is 5.97 Å². The zero-order chi connectivity index (χ0) is 26.1. The third-order valence-corrected chi connectivity index (χ3v) is 6.63. The number of aliphatic carboxylic acids is 1. The van der Waals surface area contributed by atoms with Crippen LogP contribution in [0.15, 0.2) is 60.7 Å². The minimum absolute atomic E-state index is 0.111. The highest BCUT2D eigenvalue weighted by molar-refractivity contribution is 6.33. The van der Waals surface area contributed by atoms with Gasteiger partial charge in [-0.2, -0.15) is 20.0 Å². The van der Waals surface area contributed by atoms with Crippen molar-refractivity contribution >= 4 is 45.7 Å². The monoisotopic (exact) mass is 508 g/mol. The lowest BCUT2D eigenvalue weighted by molar-refractivity contribution is -0.131. The molecule has 2 N–H and O–H groups in total. The van der Waals surface area contributed by atoms with Crippen molar-refractivity contribution < 1.29 is 14.3 Å². The van der Waals surface area contributed by atoms with Gasteiger partial charge in [-0.05, 0) is 70.9 Å². The third kappa shape index (κ3) is 4.61. The van der Waals surface area contributed by atoms with Crippen molar-refractivity contribution in [3.05, 3.63) is 105 Å². The minimum Gasteiger partial charge on any atom is -0.478 e. The molecule has 1 aliphatic carbocycles. The summed E-state index contributed by atoms with van der Waals surface area (Å²) in [6.07, 6.45) is 4.38. The number of carbonyl (C=O) groups is 1. The Bertz CT molecular complexity index is 1700. The molecule has 0 aliphatic heterocycles. The van der Waals surface area contributed by atoms with E-state index in [0.717, 1.165) is 41.2 Å². The maximum atomic E-state index is 14.7. The molecule has 1 saturated carbocycles. The Morgan fingerprint density at radius 2 is 1.81 bits per heavy atom. The molecule has 37 heavy (non-hydrogen) atoms. The second kappa shape index (κ2) is 9.73. The van der Waals surface area contributed by atoms with Crippen molar-refractivity contribution in [3.63, 3.8) is 0 Å². The number of halogens is 2. The Hall–Kier alpha value is -4.72. The highest BCUT2D eigenvalue weighted by Crippen LogP contribution is 2.50. The van der Waals surface area contributed by atoms with Crippen molar-refractivity contribution in [3.8, 4) is 12.1 Å². The van der Waals surface area contributed by atoms with Crippen LogP contribution in [0.1, 0.15) is 46.2 Å². The average Bonchev–Trinajstić information content (AvgIpc) is 3.68. The fourth-order valence-corrected chi connectivity index (χ4v) is 4.80. The summed E-state index contributed by atoms with van der Waals surface area (Å²) in [5.74, 6) is -1.58. The molecule has 5 rings (SSSR count). The first-order chi connectivity index (χ1) is 17.9. The van der Waals surface area contributed by atoms with Gasteiger partial charge in [0.25, 0.3) is 0 Å². The van der Waals surface area contributed by atoms with Crippen molar-refractivity contribution in [2.24, 2.45) is 5.92 Å². The number of allylic oxidation sites excluding steroid dienone is 1. The van der Waals surface area contributed by atoms with Gasteiger partial charge in [0, 0.05) is 16.7 Å². The predicted octanol–water partition coefficient (Wildman–Crippen LogP) is 6.57. The SMILES string of the molecule is N#Cc1ccc(C(=C(c2ccc(C=CC(=O)O)cc2)c2ccc3n[nH]c(F)c3c2C#N)C2CC2)c(Cl)c1. The summed E-state index contributed by atoms with van der Waals surface area (Å²) >= 11 is 6.68. The molecule has 0 unspecified atom stereocenters. The number of fused-ring (bicyclic) bond motifs is 1. The van der Waals surface area contributed by atoms with Crippen molar-refractivity contribution in [1.82, 2.24) is 10.2 Å². The average molecular weight is 509 g/mol. The zero-order valence-electron chi connectivity index (χ0n) is 19.3. The first-order valence-corrected chi connectivity index (χ1v) is 11.8. The summed E-state index contributed by atoms with van der Waals surface area (Å²) in [5.41, 5.74) is 5.27. The van der Waals surface area contributed by atoms with E-state index in [1.54, 1.807) is 36.4 Å². The van der Waals surface area contributed by atoms with E-state index in [9.17, 15) is 19.7 Å². The molecule has 0 saturated heterocycles. The quantitative estimate of drug-likeness (QED) is 0.226. The number of carboxylic acid groups (broad SMARTS) is 1. The van der Waals surface area contributed by atoms with Crippen LogP contribution < -0.4 is 0 Å². The van der Waals surface area contributed by atoms with Crippen LogP contribution >= 0.6 is 11.6 Å². The molecule has 180 valence electrons. The van der Waals surface area contributed by atoms with Crippen LogP contribution in [-0.4, -0.2) is 21.3 Å². The molecule has 0 bridgehead atoms. The van der Waals surface area contributed by atoms with E-state index in [4.69, 9.17) is 16.7 Å². The summed E-state index contributed by atoms with van der Waals surface area (Å²) in [6.45, 7) is 0. The van der Waals surface area contributed by atoms with Gasteiger partial charge in [-0.15, -0.1) is 0 Å². The summed E-state index contributed by atoms with van der Waals surface area (Å²) < 4.78 is 14.7. The fourth-order valence-electron chi connectivity index (χ4n) is 4.51. The minimum atomic E-state index is -1.05. The third-order valence-electron chi connectivity index (χ3n) is 6.32. The van der Waals surface area contributed by atoms with Crippen LogP contribution in [0.5, 0.6) is 0 Å². The Labute approximate surface area is 216 Å². The number of rotatable bonds is 6. The predicted molar refractivity (Wildman–Crippen MR) is 139 cm³/mol. The smallest absolute Gasteiger partial charge is 0.328 e. The maximum Gasteiger partial charge on any atom is 0.328 e. The number of aromatic nitrogens is 2. The molecule has 6 nitrogen and oxygen atoms in total. The van der Waals surface area contributed by atoms with E-state index < -0.39 is 11.9 Å². The molecule has 3 aromatic carbocycles. The van der Waals surface area contributed by atoms with Gasteiger partial charge in [0.1, 0.15) is 6.07 Å². The van der Waals surface area contributed by atoms with E-state index in [0.29, 0.717) is 27.2 Å². The highest BCUT2D eigenvalue weighted by Gasteiger charge is 2.33. The molecule has 4 aromatic rings. The number of nitriles is 2. The van der Waals surface area contributed by atoms with Crippen molar-refractivity contribution in [2.45, 2.75) is 12.8 Å². The molecule has 1 aliphatic rings. The van der Waals surface area contributed by atoms with Crippen LogP contribution in [0.3, 0.4) is 0 Å². The molecular weight excluding hydrogens is 491 g/mol. The summed E-state index contributed by atoms with van der Waals surface area (Å²) in [7, 11) is 0. The Morgan fingerprint density at radius 3 is 2.43 bits per heavy atom. The lowest BCUT2D eigenvalue weighted by Crippen LogP contribution is -2.01. The van der Waals surface area contributed by atoms with Gasteiger partial charge in [-0.25, -0.2) is 4.79 Å². The number of carboxylic acids is 1. The van der Waals surface area contributed by atoms with Gasteiger partial charge < -0.3 is 5.11 Å². The Morgan fingerprint density at radius 1 is 1.08 bits per heavy atom. The molecule has 1 aromatic heterocycles. The van der Waals surface area contributed by atoms with E-state index in [2.05, 4.69) is 22.3 Å². The van der Waals surface area contributed by atoms with Crippen LogP contribution in [0.4, 0.5) is 4.39 Å². The molecule has 0 spiro atoms. The Kier molecular flexibility index (Phi) is 6.31. The summed E-state index contributed by atoms with van der Waals surface area (Å²) in [5, 5.41) is 35.2. The lowest BCUT2D eigenvalue weighted by Gasteiger charge is -2.19. The highest BCUT2D eigenvalue weighted by atomic mass is 35.5. The normalized spacial score (nSPS) is 13.8. The summed E-state index contributed by atoms with van der Waals surface area (Å²) in [6, 6.07) is 20.1. The van der Waals surface area contributed by atoms with Crippen LogP contribution in [0.2, 0.25) is 5.02 Å². The topological polar surface area (TPSA) is 114 Å². The number of hydrogen-bond acceptors (Lipinski definition) is 4. The van der Waals surface area contributed by atoms with Gasteiger partial charge in [0.2, 0.25) is 5.95 Å². The number of hydrogen-bond donors (Lipinski definition) is 2. The van der Waals surface area contributed by atoms with Crippen molar-refractivity contribution in [2.75, 3.05) is 0 Å². The summed E-state index contributed by atoms with van der Waals surface area (Å²) in [4.78, 5) is 10.9. The molecule has 8 heteroatoms. The molecular formula is C29H18ClFN4O2. The number of H-pyrrole nitrogens is 1. The number of nitrogens with zero attached hydrogens (tertiary/aromatic N) is 3. The number of nitrogens with one attached hydrogen (secondary N) is 1. The molecule has 1 heterocycles. The maximum absolute atomic E-state index is 14.7. The standard InChI is InChI=1S/C29H18ClFN4O2/c30-23-13-17(14-32)3-9-21(23)27(19-7-8-19)26(18-5-1-16(2-6-18)4-12-25(36)37)20-10-11-24-28(22(20)15-33)29(31)35-34-24/h1-6,9-13,19H,7-8H2,(H,34,35)(H,36,37). The Balaban J connectivity index is 1.83. The van der Waals surface area contributed by atoms with Gasteiger partial charge in [0.05, 0.1) is 28.1 Å². The second-order valence-electron chi connectivity index (χ2n) is 8.69. The number of aromatic amines is 1. The van der Waals surface area contributed by atoms with Crippen LogP contribution in [-0.2, 0) is 4.79 Å². The van der Waals surface area contributed by atoms with E-state index in [1.165, 1.54) is 6.08 Å². The first kappa shape index (κ1) is 24.0. The molecule has 0 atom stereocenters. The van der Waals surface area contributed by atoms with Gasteiger partial charge in [-0.1, -0.05) is 48.0 Å². The van der Waals surface area contributed by atoms with Crippen molar-refractivity contribution in [1.29, 1.82) is 10.5 Å². The van der Waals surface area contributed by atoms with Gasteiger partial charge in [0.15, 0.2) is 0 Å². The zero-order valence-corrected chi connectivity index (χ0v) is 20.1. The second-order valence-corrected chi connectivity index (χ2v) is 9.10. The van der Waals surface area contributed by atoms with E-state index in [-0.39, 0.29) is 16.9 Å². The largest absolute Gasteiger partial charge is 0.478 e. The van der Waals surface area contributed by atoms with Crippen LogP contribution in [0, 0.1) is 34.5 Å². The number of benzene rings is 3. The molecule has 1 fully saturated rings. The van der Waals surface area contributed by atoms with Crippen LogP contribution in [0.25, 0.3) is 28.1 Å². The lowest BCUT2D eigenvalue weighted by atomic mass is 9.84. The van der Waals surface area contributed by atoms with E-state index in [1.807, 2.05) is 18.2 Å². The molecule has 0 amide bonds.